The highest BCUT2D eigenvalue weighted by atomic mass is 35.5. The van der Waals surface area contributed by atoms with Crippen LogP contribution in [-0.4, -0.2) is 0 Å². The summed E-state index contributed by atoms with van der Waals surface area (Å²) in [5.74, 6) is 0. The zero-order valence-corrected chi connectivity index (χ0v) is 10.6. The van der Waals surface area contributed by atoms with Crippen molar-refractivity contribution >= 4 is 34.6 Å². The van der Waals surface area contributed by atoms with E-state index in [0.29, 0.717) is 22.3 Å². The number of halogens is 2. The number of rotatable bonds is 3. The maximum absolute atomic E-state index is 6.24. The van der Waals surface area contributed by atoms with Crippen molar-refractivity contribution in [2.24, 2.45) is 5.73 Å². The van der Waals surface area contributed by atoms with E-state index in [1.54, 1.807) is 6.07 Å². The molecule has 0 saturated carbocycles. The summed E-state index contributed by atoms with van der Waals surface area (Å²) in [4.78, 5) is 0. The van der Waals surface area contributed by atoms with Crippen LogP contribution in [0.3, 0.4) is 0 Å². The van der Waals surface area contributed by atoms with Crippen LogP contribution in [0.2, 0.25) is 10.0 Å². The fourth-order valence-electron chi connectivity index (χ4n) is 1.53. The fraction of sp³-hybridized carbons (Fsp3) is 0.0769. The Hall–Kier alpha value is -1.22. The Morgan fingerprint density at radius 2 is 1.71 bits per heavy atom. The van der Waals surface area contributed by atoms with E-state index in [-0.39, 0.29) is 0 Å². The summed E-state index contributed by atoms with van der Waals surface area (Å²) >= 11 is 12.4. The first-order valence-electron chi connectivity index (χ1n) is 5.21. The molecule has 2 rings (SSSR count). The molecule has 0 saturated heterocycles. The molecular formula is C13H12Cl2N2. The van der Waals surface area contributed by atoms with Crippen molar-refractivity contribution < 1.29 is 0 Å². The van der Waals surface area contributed by atoms with Gasteiger partial charge in [0.25, 0.3) is 0 Å². The lowest BCUT2D eigenvalue weighted by Gasteiger charge is -2.12. The zero-order valence-electron chi connectivity index (χ0n) is 9.08. The van der Waals surface area contributed by atoms with Gasteiger partial charge in [-0.3, -0.25) is 0 Å². The quantitative estimate of drug-likeness (QED) is 0.874. The molecular weight excluding hydrogens is 255 g/mol. The number of benzene rings is 2. The highest BCUT2D eigenvalue weighted by Crippen LogP contribution is 2.35. The number of nitrogens with two attached hydrogens (primary N) is 1. The summed E-state index contributed by atoms with van der Waals surface area (Å²) in [5, 5.41) is 4.35. The Morgan fingerprint density at radius 1 is 1.00 bits per heavy atom. The van der Waals surface area contributed by atoms with Gasteiger partial charge in [-0.05, 0) is 23.8 Å². The highest BCUT2D eigenvalue weighted by molar-refractivity contribution is 6.39. The first-order valence-corrected chi connectivity index (χ1v) is 5.97. The lowest BCUT2D eigenvalue weighted by molar-refractivity contribution is 1.07. The number of nitrogens with one attached hydrogen (secondary N) is 1. The van der Waals surface area contributed by atoms with Gasteiger partial charge < -0.3 is 11.1 Å². The smallest absolute Gasteiger partial charge is 0.0766 e. The molecule has 0 spiro atoms. The van der Waals surface area contributed by atoms with E-state index >= 15 is 0 Å². The summed E-state index contributed by atoms with van der Waals surface area (Å²) in [6.45, 7) is 0.388. The summed E-state index contributed by atoms with van der Waals surface area (Å²) in [6, 6.07) is 13.4. The third kappa shape index (κ3) is 2.72. The van der Waals surface area contributed by atoms with E-state index in [1.807, 2.05) is 36.4 Å². The van der Waals surface area contributed by atoms with Gasteiger partial charge in [-0.15, -0.1) is 0 Å². The molecule has 88 valence electrons. The van der Waals surface area contributed by atoms with Crippen molar-refractivity contribution in [2.75, 3.05) is 5.32 Å². The van der Waals surface area contributed by atoms with E-state index in [0.717, 1.165) is 11.3 Å². The lowest BCUT2D eigenvalue weighted by Crippen LogP contribution is -2.00. The van der Waals surface area contributed by atoms with E-state index < -0.39 is 0 Å². The molecule has 4 heteroatoms. The van der Waals surface area contributed by atoms with E-state index in [4.69, 9.17) is 28.9 Å². The van der Waals surface area contributed by atoms with Crippen LogP contribution >= 0.6 is 23.2 Å². The third-order valence-corrected chi connectivity index (χ3v) is 3.18. The number of hydrogen-bond donors (Lipinski definition) is 2. The molecule has 0 heterocycles. The molecule has 0 aliphatic heterocycles. The normalized spacial score (nSPS) is 10.3. The van der Waals surface area contributed by atoms with Crippen molar-refractivity contribution in [3.05, 3.63) is 58.1 Å². The summed E-state index contributed by atoms with van der Waals surface area (Å²) in [6.07, 6.45) is 0. The molecule has 2 aromatic carbocycles. The number of anilines is 2. The first kappa shape index (κ1) is 12.2. The molecule has 0 aromatic heterocycles. The van der Waals surface area contributed by atoms with Gasteiger partial charge in [0.1, 0.15) is 0 Å². The standard InChI is InChI=1S/C13H12Cl2N2/c14-11-7-6-9(8-16)12(15)13(11)17-10-4-2-1-3-5-10/h1-7,17H,8,16H2. The molecule has 0 atom stereocenters. The fourth-order valence-corrected chi connectivity index (χ4v) is 2.08. The maximum atomic E-state index is 6.24. The maximum Gasteiger partial charge on any atom is 0.0766 e. The van der Waals surface area contributed by atoms with Crippen LogP contribution in [0.5, 0.6) is 0 Å². The molecule has 0 unspecified atom stereocenters. The van der Waals surface area contributed by atoms with Gasteiger partial charge in [0.2, 0.25) is 0 Å². The van der Waals surface area contributed by atoms with Crippen molar-refractivity contribution in [2.45, 2.75) is 6.54 Å². The Kier molecular flexibility index (Phi) is 3.89. The van der Waals surface area contributed by atoms with Crippen LogP contribution in [-0.2, 0) is 6.54 Å². The Morgan fingerprint density at radius 3 is 2.35 bits per heavy atom. The van der Waals surface area contributed by atoms with Crippen LogP contribution < -0.4 is 11.1 Å². The first-order chi connectivity index (χ1) is 8.22. The van der Waals surface area contributed by atoms with Crippen molar-refractivity contribution in [3.8, 4) is 0 Å². The van der Waals surface area contributed by atoms with Gasteiger partial charge in [-0.2, -0.15) is 0 Å². The Balaban J connectivity index is 2.38. The summed E-state index contributed by atoms with van der Waals surface area (Å²) < 4.78 is 0. The second kappa shape index (κ2) is 5.41. The highest BCUT2D eigenvalue weighted by Gasteiger charge is 2.09. The largest absolute Gasteiger partial charge is 0.353 e. The van der Waals surface area contributed by atoms with Gasteiger partial charge in [-0.1, -0.05) is 47.5 Å². The van der Waals surface area contributed by atoms with Crippen molar-refractivity contribution in [1.82, 2.24) is 0 Å². The molecule has 2 nitrogen and oxygen atoms in total. The number of hydrogen-bond acceptors (Lipinski definition) is 2. The predicted octanol–water partition coefficient (Wildman–Crippen LogP) is 4.20. The lowest BCUT2D eigenvalue weighted by atomic mass is 10.2. The van der Waals surface area contributed by atoms with E-state index in [2.05, 4.69) is 5.32 Å². The minimum absolute atomic E-state index is 0.388. The molecule has 2 aromatic rings. The molecule has 0 aliphatic rings. The second-order valence-electron chi connectivity index (χ2n) is 3.59. The summed E-state index contributed by atoms with van der Waals surface area (Å²) in [7, 11) is 0. The zero-order chi connectivity index (χ0) is 12.3. The molecule has 17 heavy (non-hydrogen) atoms. The molecule has 0 fully saturated rings. The average Bonchev–Trinajstić information content (AvgIpc) is 2.36. The molecule has 0 radical (unpaired) electrons. The van der Waals surface area contributed by atoms with Crippen LogP contribution in [0.25, 0.3) is 0 Å². The Bertz CT molecular complexity index is 512. The minimum atomic E-state index is 0.388. The predicted molar refractivity (Wildman–Crippen MR) is 74.1 cm³/mol. The third-order valence-electron chi connectivity index (χ3n) is 2.43. The van der Waals surface area contributed by atoms with Crippen LogP contribution in [0, 0.1) is 0 Å². The van der Waals surface area contributed by atoms with Crippen molar-refractivity contribution in [3.63, 3.8) is 0 Å². The topological polar surface area (TPSA) is 38.0 Å². The molecule has 0 aliphatic carbocycles. The second-order valence-corrected chi connectivity index (χ2v) is 4.38. The minimum Gasteiger partial charge on any atom is -0.353 e. The van der Waals surface area contributed by atoms with Gasteiger partial charge in [0, 0.05) is 12.2 Å². The molecule has 0 bridgehead atoms. The molecule has 0 amide bonds. The van der Waals surface area contributed by atoms with E-state index in [1.165, 1.54) is 0 Å². The van der Waals surface area contributed by atoms with Crippen LogP contribution in [0.15, 0.2) is 42.5 Å². The van der Waals surface area contributed by atoms with Gasteiger partial charge in [0.15, 0.2) is 0 Å². The SMILES string of the molecule is NCc1ccc(Cl)c(Nc2ccccc2)c1Cl. The summed E-state index contributed by atoms with van der Waals surface area (Å²) in [5.41, 5.74) is 8.11. The van der Waals surface area contributed by atoms with Gasteiger partial charge >= 0.3 is 0 Å². The average molecular weight is 267 g/mol. The number of para-hydroxylation sites is 1. The van der Waals surface area contributed by atoms with Gasteiger partial charge in [0.05, 0.1) is 15.7 Å². The van der Waals surface area contributed by atoms with Crippen LogP contribution in [0.4, 0.5) is 11.4 Å². The van der Waals surface area contributed by atoms with Crippen LogP contribution in [0.1, 0.15) is 5.56 Å². The van der Waals surface area contributed by atoms with E-state index in [9.17, 15) is 0 Å². The Labute approximate surface area is 110 Å². The van der Waals surface area contributed by atoms with Crippen molar-refractivity contribution in [1.29, 1.82) is 0 Å². The van der Waals surface area contributed by atoms with Gasteiger partial charge in [-0.25, -0.2) is 0 Å². The monoisotopic (exact) mass is 266 g/mol. The molecule has 3 N–H and O–H groups in total.